The third kappa shape index (κ3) is 1.54. The number of ether oxygens (including phenoxy) is 1. The first-order chi connectivity index (χ1) is 5.42. The van der Waals surface area contributed by atoms with Gasteiger partial charge in [0.05, 0.1) is 19.4 Å². The van der Waals surface area contributed by atoms with Crippen LogP contribution in [0.3, 0.4) is 0 Å². The van der Waals surface area contributed by atoms with Crippen molar-refractivity contribution in [3.05, 3.63) is 0 Å². The van der Waals surface area contributed by atoms with Gasteiger partial charge in [-0.05, 0) is 12.8 Å². The molecule has 0 spiro atoms. The van der Waals surface area contributed by atoms with Crippen molar-refractivity contribution in [2.75, 3.05) is 26.4 Å². The average Bonchev–Trinajstić information content (AvgIpc) is 2.79. The lowest BCUT2D eigenvalue weighted by atomic mass is 10.3. The first kappa shape index (κ1) is 7.50. The maximum absolute atomic E-state index is 11.8. The molecule has 2 nitrogen and oxygen atoms in total. The predicted octanol–water partition coefficient (Wildman–Crippen LogP) is 0.819. The van der Waals surface area contributed by atoms with Gasteiger partial charge in [0.1, 0.15) is 0 Å². The predicted molar refractivity (Wildman–Crippen MR) is 40.3 cm³/mol. The molecule has 1 saturated carbocycles. The molecule has 2 fully saturated rings. The van der Waals surface area contributed by atoms with Crippen molar-refractivity contribution in [3.8, 4) is 0 Å². The van der Waals surface area contributed by atoms with Gasteiger partial charge in [-0.3, -0.25) is 9.29 Å². The molecule has 0 aromatic heterocycles. The summed E-state index contributed by atoms with van der Waals surface area (Å²) in [7, 11) is 0. The molecule has 0 N–H and O–H groups in total. The van der Waals surface area contributed by atoms with Crippen molar-refractivity contribution >= 4 is 0 Å². The number of alkyl halides is 1. The van der Waals surface area contributed by atoms with Gasteiger partial charge in [0.2, 0.25) is 0 Å². The van der Waals surface area contributed by atoms with Crippen molar-refractivity contribution in [2.45, 2.75) is 25.0 Å². The average molecular weight is 159 g/mol. The van der Waals surface area contributed by atoms with Crippen LogP contribution in [0.1, 0.15) is 12.8 Å². The molecular weight excluding hydrogens is 145 g/mol. The summed E-state index contributed by atoms with van der Waals surface area (Å²) in [5.74, 6) is 0. The summed E-state index contributed by atoms with van der Waals surface area (Å²) in [5.41, 5.74) is 0. The van der Waals surface area contributed by atoms with Crippen molar-refractivity contribution in [1.29, 1.82) is 0 Å². The number of hydrogen-bond acceptors (Lipinski definition) is 2. The Balaban J connectivity index is 1.75. The molecule has 1 aliphatic heterocycles. The van der Waals surface area contributed by atoms with Crippen molar-refractivity contribution < 1.29 is 9.13 Å². The first-order valence-corrected chi connectivity index (χ1v) is 4.33. The van der Waals surface area contributed by atoms with E-state index in [9.17, 15) is 4.39 Å². The zero-order chi connectivity index (χ0) is 7.68. The number of rotatable bonds is 3. The Bertz CT molecular complexity index is 142. The van der Waals surface area contributed by atoms with E-state index in [4.69, 9.17) is 4.74 Å². The van der Waals surface area contributed by atoms with Crippen LogP contribution in [0.4, 0.5) is 4.39 Å². The topological polar surface area (TPSA) is 12.5 Å². The van der Waals surface area contributed by atoms with Crippen molar-refractivity contribution in [1.82, 2.24) is 4.90 Å². The van der Waals surface area contributed by atoms with Gasteiger partial charge in [-0.15, -0.1) is 0 Å². The Morgan fingerprint density at radius 2 is 2.45 bits per heavy atom. The molecule has 0 radical (unpaired) electrons. The molecule has 1 saturated heterocycles. The van der Waals surface area contributed by atoms with Crippen molar-refractivity contribution in [2.24, 2.45) is 0 Å². The van der Waals surface area contributed by atoms with Gasteiger partial charge in [0.15, 0.2) is 0 Å². The minimum Gasteiger partial charge on any atom is -0.375 e. The summed E-state index contributed by atoms with van der Waals surface area (Å²) >= 11 is 0. The Morgan fingerprint density at radius 3 is 3.27 bits per heavy atom. The summed E-state index contributed by atoms with van der Waals surface area (Å²) in [6.45, 7) is 2.57. The van der Waals surface area contributed by atoms with Crippen LogP contribution in [0.5, 0.6) is 0 Å². The Hall–Kier alpha value is -0.150. The van der Waals surface area contributed by atoms with E-state index in [0.29, 0.717) is 18.6 Å². The molecule has 64 valence electrons. The van der Waals surface area contributed by atoms with Gasteiger partial charge in [0, 0.05) is 19.1 Å². The highest BCUT2D eigenvalue weighted by Crippen LogP contribution is 2.34. The molecule has 11 heavy (non-hydrogen) atoms. The van der Waals surface area contributed by atoms with Gasteiger partial charge in [-0.1, -0.05) is 0 Å². The first-order valence-electron chi connectivity index (χ1n) is 4.33. The molecule has 3 heteroatoms. The fourth-order valence-corrected chi connectivity index (χ4v) is 1.75. The summed E-state index contributed by atoms with van der Waals surface area (Å²) in [6, 6.07) is 0.635. The Labute approximate surface area is 66.3 Å². The van der Waals surface area contributed by atoms with Crippen LogP contribution in [0.15, 0.2) is 0 Å². The maximum Gasteiger partial charge on any atom is 0.0906 e. The van der Waals surface area contributed by atoms with Crippen LogP contribution >= 0.6 is 0 Å². The number of halogens is 1. The summed E-state index contributed by atoms with van der Waals surface area (Å²) in [4.78, 5) is 2.35. The van der Waals surface area contributed by atoms with E-state index >= 15 is 0 Å². The molecule has 1 heterocycles. The summed E-state index contributed by atoms with van der Waals surface area (Å²) < 4.78 is 17.3. The molecule has 2 aliphatic rings. The van der Waals surface area contributed by atoms with E-state index in [-0.39, 0.29) is 6.67 Å². The van der Waals surface area contributed by atoms with E-state index in [0.717, 1.165) is 19.7 Å². The van der Waals surface area contributed by atoms with E-state index < -0.39 is 0 Å². The standard InChI is InChI=1S/C8H14FNO/c9-2-1-3-10-4-5-11-8-6-7(8)10/h7-8H,1-6H2. The van der Waals surface area contributed by atoms with E-state index in [1.165, 1.54) is 6.42 Å². The summed E-state index contributed by atoms with van der Waals surface area (Å²) in [5, 5.41) is 0. The third-order valence-corrected chi connectivity index (χ3v) is 2.46. The Morgan fingerprint density at radius 1 is 1.55 bits per heavy atom. The molecule has 2 rings (SSSR count). The van der Waals surface area contributed by atoms with Crippen LogP contribution in [0, 0.1) is 0 Å². The van der Waals surface area contributed by atoms with Gasteiger partial charge in [-0.2, -0.15) is 0 Å². The highest BCUT2D eigenvalue weighted by atomic mass is 19.1. The lowest BCUT2D eigenvalue weighted by Gasteiger charge is -2.25. The maximum atomic E-state index is 11.8. The van der Waals surface area contributed by atoms with Crippen LogP contribution in [0.2, 0.25) is 0 Å². The molecular formula is C8H14FNO. The fourth-order valence-electron chi connectivity index (χ4n) is 1.75. The SMILES string of the molecule is FCCCN1CCOC2CC21. The lowest BCUT2D eigenvalue weighted by Crippen LogP contribution is -2.37. The van der Waals surface area contributed by atoms with Crippen LogP contribution in [-0.4, -0.2) is 43.4 Å². The lowest BCUT2D eigenvalue weighted by molar-refractivity contribution is 0.0301. The van der Waals surface area contributed by atoms with Crippen LogP contribution < -0.4 is 0 Å². The van der Waals surface area contributed by atoms with E-state index in [1.54, 1.807) is 0 Å². The second-order valence-electron chi connectivity index (χ2n) is 3.29. The van der Waals surface area contributed by atoms with Crippen molar-refractivity contribution in [3.63, 3.8) is 0 Å². The molecule has 1 aliphatic carbocycles. The zero-order valence-electron chi connectivity index (χ0n) is 6.63. The monoisotopic (exact) mass is 159 g/mol. The molecule has 0 aromatic rings. The summed E-state index contributed by atoms with van der Waals surface area (Å²) in [6.07, 6.45) is 2.35. The molecule has 0 amide bonds. The quantitative estimate of drug-likeness (QED) is 0.604. The fraction of sp³-hybridized carbons (Fsp3) is 1.00. The molecule has 0 bridgehead atoms. The number of morpholine rings is 1. The van der Waals surface area contributed by atoms with E-state index in [1.807, 2.05) is 0 Å². The minimum atomic E-state index is -0.186. The Kier molecular flexibility index (Phi) is 2.09. The second-order valence-corrected chi connectivity index (χ2v) is 3.29. The highest BCUT2D eigenvalue weighted by Gasteiger charge is 2.45. The van der Waals surface area contributed by atoms with Gasteiger partial charge >= 0.3 is 0 Å². The largest absolute Gasteiger partial charge is 0.375 e. The van der Waals surface area contributed by atoms with E-state index in [2.05, 4.69) is 4.90 Å². The van der Waals surface area contributed by atoms with Gasteiger partial charge < -0.3 is 4.74 Å². The normalized spacial score (nSPS) is 36.8. The molecule has 2 unspecified atom stereocenters. The number of nitrogens with zero attached hydrogens (tertiary/aromatic N) is 1. The third-order valence-electron chi connectivity index (χ3n) is 2.46. The molecule has 0 aromatic carbocycles. The van der Waals surface area contributed by atoms with Gasteiger partial charge in [-0.25, -0.2) is 0 Å². The zero-order valence-corrected chi connectivity index (χ0v) is 6.63. The number of hydrogen-bond donors (Lipinski definition) is 0. The smallest absolute Gasteiger partial charge is 0.0906 e. The minimum absolute atomic E-state index is 0.186. The second kappa shape index (κ2) is 3.07. The van der Waals surface area contributed by atoms with Crippen LogP contribution in [0.25, 0.3) is 0 Å². The number of fused-ring (bicyclic) bond motifs is 1. The highest BCUT2D eigenvalue weighted by molar-refractivity contribution is 4.99. The molecule has 2 atom stereocenters. The van der Waals surface area contributed by atoms with Crippen LogP contribution in [-0.2, 0) is 4.74 Å². The van der Waals surface area contributed by atoms with Gasteiger partial charge in [0.25, 0.3) is 0 Å².